The highest BCUT2D eigenvalue weighted by Crippen LogP contribution is 2.23. The molecule has 3 aromatic heterocycles. The smallest absolute Gasteiger partial charge is 0.318 e. The molecule has 7 nitrogen and oxygen atoms in total. The van der Waals surface area contributed by atoms with Gasteiger partial charge in [-0.2, -0.15) is 9.61 Å². The van der Waals surface area contributed by atoms with Crippen LogP contribution in [0.25, 0.3) is 17.0 Å². The lowest BCUT2D eigenvalue weighted by Gasteiger charge is -2.08. The molecular formula is C14H13N5O2S. The van der Waals surface area contributed by atoms with Gasteiger partial charge in [-0.05, 0) is 31.2 Å². The van der Waals surface area contributed by atoms with E-state index in [4.69, 9.17) is 4.74 Å². The first-order valence-corrected chi connectivity index (χ1v) is 7.44. The number of rotatable bonds is 4. The summed E-state index contributed by atoms with van der Waals surface area (Å²) in [6.07, 6.45) is 3.38. The number of esters is 1. The minimum absolute atomic E-state index is 0.287. The quantitative estimate of drug-likeness (QED) is 0.536. The van der Waals surface area contributed by atoms with E-state index in [1.165, 1.54) is 18.9 Å². The fourth-order valence-electron chi connectivity index (χ4n) is 1.91. The number of methoxy groups -OCH3 is 1. The number of carbonyl (C=O) groups excluding carboxylic acids is 1. The van der Waals surface area contributed by atoms with E-state index in [0.29, 0.717) is 16.5 Å². The number of hydrogen-bond acceptors (Lipinski definition) is 7. The van der Waals surface area contributed by atoms with Gasteiger partial charge < -0.3 is 4.74 Å². The van der Waals surface area contributed by atoms with Crippen molar-refractivity contribution in [3.05, 3.63) is 36.7 Å². The molecule has 0 aromatic carbocycles. The fraction of sp³-hybridized carbons (Fsp3) is 0.214. The standard InChI is InChI=1S/C14H13N5O2S/c1-9(14(20)21-2)22-12-4-3-11-16-17-13(19(11)18-12)10-5-7-15-8-6-10/h3-9H,1-2H3. The number of carbonyl (C=O) groups is 1. The number of nitrogens with zero attached hydrogens (tertiary/aromatic N) is 5. The Kier molecular flexibility index (Phi) is 4.01. The monoisotopic (exact) mass is 315 g/mol. The molecule has 0 spiro atoms. The summed E-state index contributed by atoms with van der Waals surface area (Å²) in [6.45, 7) is 1.78. The molecule has 0 aliphatic rings. The summed E-state index contributed by atoms with van der Waals surface area (Å²) >= 11 is 1.32. The van der Waals surface area contributed by atoms with Gasteiger partial charge in [0.15, 0.2) is 11.5 Å². The Labute approximate surface area is 130 Å². The average Bonchev–Trinajstić information content (AvgIpc) is 2.98. The van der Waals surface area contributed by atoms with Crippen molar-refractivity contribution in [3.8, 4) is 11.4 Å². The van der Waals surface area contributed by atoms with Gasteiger partial charge in [0.2, 0.25) is 0 Å². The third kappa shape index (κ3) is 2.77. The van der Waals surface area contributed by atoms with Crippen molar-refractivity contribution in [1.82, 2.24) is 24.8 Å². The second kappa shape index (κ2) is 6.10. The number of thioether (sulfide) groups is 1. The lowest BCUT2D eigenvalue weighted by atomic mass is 10.2. The fourth-order valence-corrected chi connectivity index (χ4v) is 2.74. The van der Waals surface area contributed by atoms with Crippen LogP contribution in [0.3, 0.4) is 0 Å². The van der Waals surface area contributed by atoms with Gasteiger partial charge in [0.25, 0.3) is 0 Å². The first-order valence-electron chi connectivity index (χ1n) is 6.56. The minimum atomic E-state index is -0.337. The van der Waals surface area contributed by atoms with E-state index >= 15 is 0 Å². The Morgan fingerprint density at radius 3 is 2.73 bits per heavy atom. The van der Waals surface area contributed by atoms with Gasteiger partial charge in [-0.15, -0.1) is 10.2 Å². The summed E-state index contributed by atoms with van der Waals surface area (Å²) in [4.78, 5) is 15.5. The zero-order chi connectivity index (χ0) is 15.5. The maximum Gasteiger partial charge on any atom is 0.318 e. The molecule has 0 aliphatic carbocycles. The number of ether oxygens (including phenoxy) is 1. The lowest BCUT2D eigenvalue weighted by Crippen LogP contribution is -2.15. The van der Waals surface area contributed by atoms with Crippen molar-refractivity contribution in [2.45, 2.75) is 17.2 Å². The summed E-state index contributed by atoms with van der Waals surface area (Å²) in [5, 5.41) is 13.1. The molecule has 8 heteroatoms. The minimum Gasteiger partial charge on any atom is -0.468 e. The van der Waals surface area contributed by atoms with Crippen LogP contribution >= 0.6 is 11.8 Å². The van der Waals surface area contributed by atoms with Gasteiger partial charge in [0, 0.05) is 18.0 Å². The molecule has 3 heterocycles. The molecule has 22 heavy (non-hydrogen) atoms. The largest absolute Gasteiger partial charge is 0.468 e. The predicted octanol–water partition coefficient (Wildman–Crippen LogP) is 1.84. The molecule has 0 amide bonds. The van der Waals surface area contributed by atoms with E-state index in [9.17, 15) is 4.79 Å². The number of fused-ring (bicyclic) bond motifs is 1. The highest BCUT2D eigenvalue weighted by molar-refractivity contribution is 8.00. The molecule has 0 aliphatic heterocycles. The molecule has 0 saturated heterocycles. The maximum absolute atomic E-state index is 11.5. The van der Waals surface area contributed by atoms with Gasteiger partial charge in [-0.25, -0.2) is 0 Å². The molecule has 3 rings (SSSR count). The van der Waals surface area contributed by atoms with Crippen LogP contribution in [0, 0.1) is 0 Å². The summed E-state index contributed by atoms with van der Waals surface area (Å²) in [7, 11) is 1.37. The maximum atomic E-state index is 11.5. The van der Waals surface area contributed by atoms with Gasteiger partial charge in [-0.3, -0.25) is 9.78 Å². The van der Waals surface area contributed by atoms with Gasteiger partial charge >= 0.3 is 5.97 Å². The van der Waals surface area contributed by atoms with Crippen molar-refractivity contribution in [2.24, 2.45) is 0 Å². The van der Waals surface area contributed by atoms with Crippen LogP contribution in [-0.4, -0.2) is 43.1 Å². The Morgan fingerprint density at radius 2 is 2.00 bits per heavy atom. The van der Waals surface area contributed by atoms with E-state index in [2.05, 4.69) is 20.3 Å². The average molecular weight is 315 g/mol. The first kappa shape index (κ1) is 14.5. The van der Waals surface area contributed by atoms with E-state index in [1.54, 1.807) is 23.8 Å². The van der Waals surface area contributed by atoms with E-state index in [1.807, 2.05) is 24.3 Å². The zero-order valence-corrected chi connectivity index (χ0v) is 12.8. The molecule has 0 radical (unpaired) electrons. The first-order chi connectivity index (χ1) is 10.7. The van der Waals surface area contributed by atoms with Crippen LogP contribution in [0.2, 0.25) is 0 Å². The zero-order valence-electron chi connectivity index (χ0n) is 12.0. The second-order valence-electron chi connectivity index (χ2n) is 4.48. The SMILES string of the molecule is COC(=O)C(C)Sc1ccc2nnc(-c3ccncc3)n2n1. The molecular weight excluding hydrogens is 302 g/mol. The summed E-state index contributed by atoms with van der Waals surface area (Å²) in [5.74, 6) is 0.343. The van der Waals surface area contributed by atoms with E-state index in [0.717, 1.165) is 5.56 Å². The Bertz CT molecular complexity index is 805. The van der Waals surface area contributed by atoms with Crippen LogP contribution in [0.15, 0.2) is 41.7 Å². The van der Waals surface area contributed by atoms with Crippen LogP contribution < -0.4 is 0 Å². The summed E-state index contributed by atoms with van der Waals surface area (Å²) in [5.41, 5.74) is 1.51. The molecule has 112 valence electrons. The highest BCUT2D eigenvalue weighted by Gasteiger charge is 2.17. The Hall–Kier alpha value is -2.48. The third-order valence-electron chi connectivity index (χ3n) is 3.01. The normalized spacial score (nSPS) is 12.3. The van der Waals surface area contributed by atoms with Crippen molar-refractivity contribution >= 4 is 23.4 Å². The van der Waals surface area contributed by atoms with Gasteiger partial charge in [0.1, 0.15) is 10.3 Å². The third-order valence-corrected chi connectivity index (χ3v) is 4.01. The molecule has 0 saturated carbocycles. The van der Waals surface area contributed by atoms with E-state index in [-0.39, 0.29) is 11.2 Å². The van der Waals surface area contributed by atoms with Crippen LogP contribution in [0.5, 0.6) is 0 Å². The molecule has 0 bridgehead atoms. The number of aromatic nitrogens is 5. The van der Waals surface area contributed by atoms with Crippen LogP contribution in [0.1, 0.15) is 6.92 Å². The van der Waals surface area contributed by atoms with Gasteiger partial charge in [-0.1, -0.05) is 11.8 Å². The van der Waals surface area contributed by atoms with Crippen molar-refractivity contribution < 1.29 is 9.53 Å². The van der Waals surface area contributed by atoms with Crippen LogP contribution in [-0.2, 0) is 9.53 Å². The lowest BCUT2D eigenvalue weighted by molar-refractivity contribution is -0.139. The topological polar surface area (TPSA) is 82.3 Å². The molecule has 0 N–H and O–H groups in total. The summed E-state index contributed by atoms with van der Waals surface area (Å²) in [6, 6.07) is 7.31. The molecule has 1 atom stereocenters. The van der Waals surface area contributed by atoms with Crippen molar-refractivity contribution in [3.63, 3.8) is 0 Å². The van der Waals surface area contributed by atoms with Crippen molar-refractivity contribution in [2.75, 3.05) is 7.11 Å². The van der Waals surface area contributed by atoms with Gasteiger partial charge in [0.05, 0.1) is 7.11 Å². The number of hydrogen-bond donors (Lipinski definition) is 0. The summed E-state index contributed by atoms with van der Waals surface area (Å²) < 4.78 is 6.38. The van der Waals surface area contributed by atoms with E-state index < -0.39 is 0 Å². The molecule has 3 aromatic rings. The Balaban J connectivity index is 1.97. The van der Waals surface area contributed by atoms with Crippen molar-refractivity contribution in [1.29, 1.82) is 0 Å². The molecule has 1 unspecified atom stereocenters. The Morgan fingerprint density at radius 1 is 1.23 bits per heavy atom. The van der Waals surface area contributed by atoms with Crippen LogP contribution in [0.4, 0.5) is 0 Å². The highest BCUT2D eigenvalue weighted by atomic mass is 32.2. The predicted molar refractivity (Wildman–Crippen MR) is 81.3 cm³/mol. The molecule has 0 fully saturated rings. The number of pyridine rings is 1. The second-order valence-corrected chi connectivity index (χ2v) is 5.85.